The third-order valence-corrected chi connectivity index (χ3v) is 5.49. The molecule has 2 nitrogen and oxygen atoms in total. The largest absolute Gasteiger partial charge is 0.365 e. The Balaban J connectivity index is 1.69. The van der Waals surface area contributed by atoms with E-state index in [1.807, 2.05) is 23.7 Å². The van der Waals surface area contributed by atoms with Gasteiger partial charge in [-0.1, -0.05) is 29.8 Å². The predicted octanol–water partition coefficient (Wildman–Crippen LogP) is 5.48. The van der Waals surface area contributed by atoms with Gasteiger partial charge in [0, 0.05) is 40.0 Å². The van der Waals surface area contributed by atoms with Gasteiger partial charge in [-0.2, -0.15) is 0 Å². The molecule has 0 aliphatic carbocycles. The fourth-order valence-corrected chi connectivity index (χ4v) is 4.27. The Morgan fingerprint density at radius 1 is 0.875 bits per heavy atom. The molecular formula is C21H20N2S. The van der Waals surface area contributed by atoms with Crippen LogP contribution in [-0.2, 0) is 6.42 Å². The lowest BCUT2D eigenvalue weighted by Gasteiger charge is -2.15. The van der Waals surface area contributed by atoms with Gasteiger partial charge in [0.15, 0.2) is 0 Å². The van der Waals surface area contributed by atoms with Crippen LogP contribution in [0.3, 0.4) is 0 Å². The zero-order chi connectivity index (χ0) is 16.4. The lowest BCUT2D eigenvalue weighted by molar-refractivity contribution is 0.954. The molecule has 3 heterocycles. The van der Waals surface area contributed by atoms with E-state index >= 15 is 0 Å². The first-order chi connectivity index (χ1) is 11.8. The first-order valence-corrected chi connectivity index (χ1v) is 9.02. The highest BCUT2D eigenvalue weighted by molar-refractivity contribution is 7.12. The number of rotatable bonds is 5. The highest BCUT2D eigenvalue weighted by atomic mass is 32.1. The molecule has 0 saturated heterocycles. The third-order valence-electron chi connectivity index (χ3n) is 4.34. The van der Waals surface area contributed by atoms with Crippen LogP contribution in [0.2, 0.25) is 0 Å². The predicted molar refractivity (Wildman–Crippen MR) is 101 cm³/mol. The van der Waals surface area contributed by atoms with Crippen molar-refractivity contribution in [3.05, 3.63) is 105 Å². The number of hydrogen-bond donors (Lipinski definition) is 2. The van der Waals surface area contributed by atoms with Crippen LogP contribution in [0.25, 0.3) is 0 Å². The SMILES string of the molecule is Cc1ccc(C(c2ccc[nH]2)c2ccc(Cc3ccc[nH]3)s2)cc1. The van der Waals surface area contributed by atoms with Gasteiger partial charge in [0.25, 0.3) is 0 Å². The van der Waals surface area contributed by atoms with Gasteiger partial charge in [0.2, 0.25) is 0 Å². The molecular weight excluding hydrogens is 312 g/mol. The fourth-order valence-electron chi connectivity index (χ4n) is 3.09. The summed E-state index contributed by atoms with van der Waals surface area (Å²) in [4.78, 5) is 9.46. The highest BCUT2D eigenvalue weighted by Gasteiger charge is 2.19. The summed E-state index contributed by atoms with van der Waals surface area (Å²) in [5.74, 6) is 0.267. The Bertz CT molecular complexity index is 884. The number of nitrogens with one attached hydrogen (secondary N) is 2. The van der Waals surface area contributed by atoms with Crippen molar-refractivity contribution in [1.82, 2.24) is 9.97 Å². The zero-order valence-corrected chi connectivity index (χ0v) is 14.4. The number of aryl methyl sites for hydroxylation is 1. The topological polar surface area (TPSA) is 31.6 Å². The van der Waals surface area contributed by atoms with Crippen LogP contribution in [0.5, 0.6) is 0 Å². The molecule has 0 spiro atoms. The molecule has 0 amide bonds. The van der Waals surface area contributed by atoms with Crippen molar-refractivity contribution in [2.75, 3.05) is 0 Å². The molecule has 0 bridgehead atoms. The third kappa shape index (κ3) is 3.08. The summed E-state index contributed by atoms with van der Waals surface area (Å²) in [5, 5.41) is 0. The van der Waals surface area contributed by atoms with Crippen molar-refractivity contribution in [2.24, 2.45) is 0 Å². The molecule has 1 atom stereocenters. The van der Waals surface area contributed by atoms with E-state index in [-0.39, 0.29) is 5.92 Å². The minimum absolute atomic E-state index is 0.267. The molecule has 120 valence electrons. The lowest BCUT2D eigenvalue weighted by Crippen LogP contribution is -2.01. The second-order valence-corrected chi connectivity index (χ2v) is 7.35. The van der Waals surface area contributed by atoms with Crippen LogP contribution in [0.15, 0.2) is 73.1 Å². The van der Waals surface area contributed by atoms with Crippen molar-refractivity contribution < 1.29 is 0 Å². The first-order valence-electron chi connectivity index (χ1n) is 8.20. The molecule has 3 aromatic heterocycles. The number of hydrogen-bond acceptors (Lipinski definition) is 1. The Morgan fingerprint density at radius 2 is 1.67 bits per heavy atom. The van der Waals surface area contributed by atoms with Crippen molar-refractivity contribution in [1.29, 1.82) is 0 Å². The number of aromatic amines is 2. The standard InChI is InChI=1S/C21H20N2S/c1-15-6-8-16(9-7-15)21(19-5-3-13-23-19)20-11-10-18(24-20)14-17-4-2-12-22-17/h2-13,21-23H,14H2,1H3. The van der Waals surface area contributed by atoms with Gasteiger partial charge in [-0.25, -0.2) is 0 Å². The lowest BCUT2D eigenvalue weighted by atomic mass is 9.93. The van der Waals surface area contributed by atoms with Gasteiger partial charge in [0.1, 0.15) is 0 Å². The second-order valence-electron chi connectivity index (χ2n) is 6.15. The van der Waals surface area contributed by atoms with E-state index < -0.39 is 0 Å². The van der Waals surface area contributed by atoms with Gasteiger partial charge in [-0.05, 0) is 48.9 Å². The fraction of sp³-hybridized carbons (Fsp3) is 0.143. The maximum atomic E-state index is 3.40. The molecule has 3 heteroatoms. The monoisotopic (exact) mass is 332 g/mol. The van der Waals surface area contributed by atoms with Crippen LogP contribution in [0.4, 0.5) is 0 Å². The van der Waals surface area contributed by atoms with Crippen LogP contribution in [0, 0.1) is 6.92 Å². The van der Waals surface area contributed by atoms with E-state index in [4.69, 9.17) is 0 Å². The summed E-state index contributed by atoms with van der Waals surface area (Å²) >= 11 is 1.90. The number of thiophene rings is 1. The number of benzene rings is 1. The highest BCUT2D eigenvalue weighted by Crippen LogP contribution is 2.35. The van der Waals surface area contributed by atoms with Crippen LogP contribution < -0.4 is 0 Å². The van der Waals surface area contributed by atoms with Gasteiger partial charge >= 0.3 is 0 Å². The van der Waals surface area contributed by atoms with E-state index in [0.29, 0.717) is 0 Å². The molecule has 0 fully saturated rings. The molecule has 0 saturated carbocycles. The minimum atomic E-state index is 0.267. The van der Waals surface area contributed by atoms with Gasteiger partial charge < -0.3 is 9.97 Å². The number of aromatic nitrogens is 2. The summed E-state index contributed by atoms with van der Waals surface area (Å²) in [5.41, 5.74) is 5.13. The van der Waals surface area contributed by atoms with Crippen LogP contribution >= 0.6 is 11.3 Å². The summed E-state index contributed by atoms with van der Waals surface area (Å²) in [6, 6.07) is 21.8. The molecule has 24 heavy (non-hydrogen) atoms. The summed E-state index contributed by atoms with van der Waals surface area (Å²) in [6.07, 6.45) is 4.95. The Kier molecular flexibility index (Phi) is 4.09. The van der Waals surface area contributed by atoms with Crippen molar-refractivity contribution in [3.63, 3.8) is 0 Å². The smallest absolute Gasteiger partial charge is 0.0584 e. The molecule has 1 aromatic carbocycles. The molecule has 0 aliphatic rings. The van der Waals surface area contributed by atoms with E-state index in [1.165, 1.54) is 32.3 Å². The van der Waals surface area contributed by atoms with Crippen LogP contribution in [0.1, 0.15) is 38.2 Å². The van der Waals surface area contributed by atoms with Gasteiger partial charge in [0.05, 0.1) is 5.92 Å². The van der Waals surface area contributed by atoms with E-state index in [9.17, 15) is 0 Å². The first kappa shape index (κ1) is 15.0. The normalized spacial score (nSPS) is 12.4. The molecule has 0 aliphatic heterocycles. The Morgan fingerprint density at radius 3 is 2.38 bits per heavy atom. The molecule has 1 unspecified atom stereocenters. The molecule has 2 N–H and O–H groups in total. The second kappa shape index (κ2) is 6.54. The summed E-state index contributed by atoms with van der Waals surface area (Å²) in [6.45, 7) is 2.13. The van der Waals surface area contributed by atoms with Gasteiger partial charge in [-0.15, -0.1) is 11.3 Å². The van der Waals surface area contributed by atoms with Crippen molar-refractivity contribution in [2.45, 2.75) is 19.3 Å². The van der Waals surface area contributed by atoms with E-state index in [2.05, 4.69) is 77.6 Å². The summed E-state index contributed by atoms with van der Waals surface area (Å²) < 4.78 is 0. The molecule has 4 aromatic rings. The van der Waals surface area contributed by atoms with Crippen molar-refractivity contribution >= 4 is 11.3 Å². The average Bonchev–Trinajstić information content (AvgIpc) is 3.34. The Hall–Kier alpha value is -2.52. The Labute approximate surface area is 146 Å². The number of H-pyrrole nitrogens is 2. The van der Waals surface area contributed by atoms with E-state index in [1.54, 1.807) is 0 Å². The minimum Gasteiger partial charge on any atom is -0.365 e. The maximum Gasteiger partial charge on any atom is 0.0584 e. The van der Waals surface area contributed by atoms with Gasteiger partial charge in [-0.3, -0.25) is 0 Å². The summed E-state index contributed by atoms with van der Waals surface area (Å²) in [7, 11) is 0. The van der Waals surface area contributed by atoms with Crippen LogP contribution in [-0.4, -0.2) is 9.97 Å². The van der Waals surface area contributed by atoms with E-state index in [0.717, 1.165) is 6.42 Å². The van der Waals surface area contributed by atoms with Crippen molar-refractivity contribution in [3.8, 4) is 0 Å². The quantitative estimate of drug-likeness (QED) is 0.485. The average molecular weight is 332 g/mol. The zero-order valence-electron chi connectivity index (χ0n) is 13.6. The molecule has 0 radical (unpaired) electrons. The molecule has 4 rings (SSSR count). The maximum absolute atomic E-state index is 3.40.